The Kier molecular flexibility index (Phi) is 2.84. The number of aromatic nitrogens is 1. The van der Waals surface area contributed by atoms with Crippen LogP contribution in [0, 0.1) is 0 Å². The molecule has 0 radical (unpaired) electrons. The Bertz CT molecular complexity index is 595. The number of benzene rings is 2. The number of para-hydroxylation sites is 1. The highest BCUT2D eigenvalue weighted by atomic mass is 14.9. The van der Waals surface area contributed by atoms with Crippen LogP contribution >= 0.6 is 0 Å². The predicted octanol–water partition coefficient (Wildman–Crippen LogP) is 4.22. The Morgan fingerprint density at radius 3 is 1.89 bits per heavy atom. The summed E-state index contributed by atoms with van der Waals surface area (Å²) in [6, 6.07) is 22.6. The molecule has 0 aliphatic rings. The fourth-order valence-corrected chi connectivity index (χ4v) is 1.91. The standard InChI is InChI=1S/C16H14N2/c1-2-6-14(7-3-1)17-15-8-10-16(11-9-15)18-12-4-5-13-18/h1-13,17H. The molecular formula is C16H14N2. The molecular weight excluding hydrogens is 220 g/mol. The van der Waals surface area contributed by atoms with Crippen molar-refractivity contribution in [3.63, 3.8) is 0 Å². The summed E-state index contributed by atoms with van der Waals surface area (Å²) in [6.07, 6.45) is 4.08. The van der Waals surface area contributed by atoms with Crippen molar-refractivity contribution in [2.75, 3.05) is 5.32 Å². The van der Waals surface area contributed by atoms with Crippen molar-refractivity contribution in [2.24, 2.45) is 0 Å². The molecule has 0 aliphatic heterocycles. The van der Waals surface area contributed by atoms with Crippen LogP contribution in [0.5, 0.6) is 0 Å². The average molecular weight is 234 g/mol. The highest BCUT2D eigenvalue weighted by molar-refractivity contribution is 5.60. The minimum atomic E-state index is 1.09. The smallest absolute Gasteiger partial charge is 0.0450 e. The summed E-state index contributed by atoms with van der Waals surface area (Å²) < 4.78 is 2.09. The van der Waals surface area contributed by atoms with Gasteiger partial charge in [-0.05, 0) is 48.5 Å². The zero-order valence-corrected chi connectivity index (χ0v) is 9.95. The van der Waals surface area contributed by atoms with Gasteiger partial charge in [-0.2, -0.15) is 0 Å². The van der Waals surface area contributed by atoms with Gasteiger partial charge >= 0.3 is 0 Å². The van der Waals surface area contributed by atoms with Crippen LogP contribution in [0.3, 0.4) is 0 Å². The van der Waals surface area contributed by atoms with Gasteiger partial charge in [0.1, 0.15) is 0 Å². The van der Waals surface area contributed by atoms with E-state index in [1.807, 2.05) is 42.7 Å². The lowest BCUT2D eigenvalue weighted by Crippen LogP contribution is -1.92. The molecule has 1 N–H and O–H groups in total. The summed E-state index contributed by atoms with van der Waals surface area (Å²) in [5.74, 6) is 0. The lowest BCUT2D eigenvalue weighted by molar-refractivity contribution is 1.08. The maximum atomic E-state index is 3.37. The molecule has 2 heteroatoms. The molecule has 2 aromatic carbocycles. The minimum Gasteiger partial charge on any atom is -0.356 e. The third-order valence-corrected chi connectivity index (χ3v) is 2.83. The quantitative estimate of drug-likeness (QED) is 0.718. The number of nitrogens with zero attached hydrogens (tertiary/aromatic N) is 1. The lowest BCUT2D eigenvalue weighted by atomic mass is 10.2. The maximum Gasteiger partial charge on any atom is 0.0450 e. The van der Waals surface area contributed by atoms with Gasteiger partial charge in [0.2, 0.25) is 0 Å². The van der Waals surface area contributed by atoms with E-state index in [0.29, 0.717) is 0 Å². The fraction of sp³-hybridized carbons (Fsp3) is 0. The molecule has 3 aromatic rings. The molecule has 0 bridgehead atoms. The molecule has 0 atom stereocenters. The van der Waals surface area contributed by atoms with Gasteiger partial charge in [-0.25, -0.2) is 0 Å². The van der Waals surface area contributed by atoms with E-state index >= 15 is 0 Å². The SMILES string of the molecule is c1ccc(Nc2ccc(-n3cccc3)cc2)cc1. The number of anilines is 2. The highest BCUT2D eigenvalue weighted by Gasteiger charge is 1.96. The fourth-order valence-electron chi connectivity index (χ4n) is 1.91. The van der Waals surface area contributed by atoms with Gasteiger partial charge in [0.05, 0.1) is 0 Å². The normalized spacial score (nSPS) is 10.2. The van der Waals surface area contributed by atoms with Crippen molar-refractivity contribution in [3.05, 3.63) is 79.1 Å². The molecule has 1 aromatic heterocycles. The highest BCUT2D eigenvalue weighted by Crippen LogP contribution is 2.18. The lowest BCUT2D eigenvalue weighted by Gasteiger charge is -2.08. The van der Waals surface area contributed by atoms with E-state index in [2.05, 4.69) is 46.3 Å². The number of rotatable bonds is 3. The first-order valence-electron chi connectivity index (χ1n) is 5.97. The van der Waals surface area contributed by atoms with E-state index in [9.17, 15) is 0 Å². The van der Waals surface area contributed by atoms with Crippen LogP contribution < -0.4 is 5.32 Å². The van der Waals surface area contributed by atoms with E-state index in [1.165, 1.54) is 5.69 Å². The molecule has 0 unspecified atom stereocenters. The number of hydrogen-bond donors (Lipinski definition) is 1. The summed E-state index contributed by atoms with van der Waals surface area (Å²) in [6.45, 7) is 0. The van der Waals surface area contributed by atoms with E-state index < -0.39 is 0 Å². The topological polar surface area (TPSA) is 17.0 Å². The molecule has 2 nitrogen and oxygen atoms in total. The van der Waals surface area contributed by atoms with Gasteiger partial charge in [0.15, 0.2) is 0 Å². The molecule has 0 spiro atoms. The van der Waals surface area contributed by atoms with Gasteiger partial charge in [-0.15, -0.1) is 0 Å². The van der Waals surface area contributed by atoms with Crippen LogP contribution in [0.15, 0.2) is 79.1 Å². The van der Waals surface area contributed by atoms with E-state index in [1.54, 1.807) is 0 Å². The molecule has 0 fully saturated rings. The number of nitrogens with one attached hydrogen (secondary N) is 1. The van der Waals surface area contributed by atoms with Crippen molar-refractivity contribution in [1.29, 1.82) is 0 Å². The Hall–Kier alpha value is -2.48. The van der Waals surface area contributed by atoms with Crippen LogP contribution in [0.2, 0.25) is 0 Å². The molecule has 0 saturated carbocycles. The van der Waals surface area contributed by atoms with E-state index in [-0.39, 0.29) is 0 Å². The van der Waals surface area contributed by atoms with Gasteiger partial charge in [-0.1, -0.05) is 18.2 Å². The Labute approximate surface area is 107 Å². The first kappa shape index (κ1) is 10.7. The van der Waals surface area contributed by atoms with Gasteiger partial charge < -0.3 is 9.88 Å². The summed E-state index contributed by atoms with van der Waals surface area (Å²) in [5.41, 5.74) is 3.36. The predicted molar refractivity (Wildman–Crippen MR) is 75.5 cm³/mol. The van der Waals surface area contributed by atoms with Crippen LogP contribution in [-0.4, -0.2) is 4.57 Å². The van der Waals surface area contributed by atoms with Crippen LogP contribution in [0.25, 0.3) is 5.69 Å². The minimum absolute atomic E-state index is 1.09. The third-order valence-electron chi connectivity index (χ3n) is 2.83. The molecule has 0 amide bonds. The first-order chi connectivity index (χ1) is 8.92. The van der Waals surface area contributed by atoms with E-state index in [0.717, 1.165) is 11.4 Å². The molecule has 1 heterocycles. The zero-order valence-electron chi connectivity index (χ0n) is 9.95. The van der Waals surface area contributed by atoms with Gasteiger partial charge in [-0.3, -0.25) is 0 Å². The first-order valence-corrected chi connectivity index (χ1v) is 5.97. The van der Waals surface area contributed by atoms with Crippen molar-refractivity contribution in [3.8, 4) is 5.69 Å². The Morgan fingerprint density at radius 2 is 1.22 bits per heavy atom. The summed E-state index contributed by atoms with van der Waals surface area (Å²) in [4.78, 5) is 0. The Morgan fingerprint density at radius 1 is 0.611 bits per heavy atom. The second-order valence-electron chi connectivity index (χ2n) is 4.13. The number of hydrogen-bond acceptors (Lipinski definition) is 1. The molecule has 0 aliphatic carbocycles. The van der Waals surface area contributed by atoms with Crippen molar-refractivity contribution in [1.82, 2.24) is 4.57 Å². The van der Waals surface area contributed by atoms with Crippen molar-refractivity contribution in [2.45, 2.75) is 0 Å². The largest absolute Gasteiger partial charge is 0.356 e. The zero-order chi connectivity index (χ0) is 12.2. The average Bonchev–Trinajstić information content (AvgIpc) is 2.95. The molecule has 3 rings (SSSR count). The summed E-state index contributed by atoms with van der Waals surface area (Å²) >= 11 is 0. The Balaban J connectivity index is 1.80. The third kappa shape index (κ3) is 2.28. The van der Waals surface area contributed by atoms with Crippen molar-refractivity contribution >= 4 is 11.4 Å². The molecule has 18 heavy (non-hydrogen) atoms. The van der Waals surface area contributed by atoms with Crippen molar-refractivity contribution < 1.29 is 0 Å². The van der Waals surface area contributed by atoms with Crippen LogP contribution in [0.4, 0.5) is 11.4 Å². The van der Waals surface area contributed by atoms with Crippen LogP contribution in [0.1, 0.15) is 0 Å². The molecule has 0 saturated heterocycles. The summed E-state index contributed by atoms with van der Waals surface area (Å²) in [7, 11) is 0. The van der Waals surface area contributed by atoms with E-state index in [4.69, 9.17) is 0 Å². The summed E-state index contributed by atoms with van der Waals surface area (Å²) in [5, 5.41) is 3.37. The van der Waals surface area contributed by atoms with Gasteiger partial charge in [0, 0.05) is 29.5 Å². The maximum absolute atomic E-state index is 3.37. The van der Waals surface area contributed by atoms with Gasteiger partial charge in [0.25, 0.3) is 0 Å². The molecule has 88 valence electrons. The monoisotopic (exact) mass is 234 g/mol. The van der Waals surface area contributed by atoms with Crippen LogP contribution in [-0.2, 0) is 0 Å². The second kappa shape index (κ2) is 4.80. The second-order valence-corrected chi connectivity index (χ2v) is 4.13.